The lowest BCUT2D eigenvalue weighted by Gasteiger charge is -2.24. The van der Waals surface area contributed by atoms with Crippen molar-refractivity contribution in [3.63, 3.8) is 0 Å². The molecule has 0 aliphatic heterocycles. The first-order valence-electron chi connectivity index (χ1n) is 7.25. The Morgan fingerprint density at radius 1 is 1.29 bits per heavy atom. The summed E-state index contributed by atoms with van der Waals surface area (Å²) in [6, 6.07) is 8.31. The number of esters is 1. The molecule has 1 atom stereocenters. The lowest BCUT2D eigenvalue weighted by Crippen LogP contribution is -2.15. The Hall–Kier alpha value is -2.35. The van der Waals surface area contributed by atoms with Gasteiger partial charge in [-0.3, -0.25) is 0 Å². The maximum atomic E-state index is 11.4. The monoisotopic (exact) mass is 278 g/mol. The van der Waals surface area contributed by atoms with Gasteiger partial charge in [0.25, 0.3) is 0 Å². The molecule has 1 aromatic rings. The summed E-state index contributed by atoms with van der Waals surface area (Å²) in [5.74, 6) is -0.238. The quantitative estimate of drug-likeness (QED) is 0.612. The number of hydrogen-bond donors (Lipinski definition) is 0. The van der Waals surface area contributed by atoms with Gasteiger partial charge in [0.15, 0.2) is 0 Å². The molecule has 0 saturated carbocycles. The van der Waals surface area contributed by atoms with E-state index in [1.54, 1.807) is 0 Å². The molecule has 0 aromatic heterocycles. The highest BCUT2D eigenvalue weighted by molar-refractivity contribution is 5.81. The number of carbonyl (C=O) groups excluding carboxylic acids is 1. The number of rotatable bonds is 3. The van der Waals surface area contributed by atoms with Gasteiger partial charge in [0.1, 0.15) is 6.61 Å². The minimum absolute atomic E-state index is 0.125. The molecule has 2 aliphatic carbocycles. The van der Waals surface area contributed by atoms with Crippen LogP contribution in [-0.2, 0) is 9.53 Å². The Morgan fingerprint density at radius 2 is 2.14 bits per heavy atom. The summed E-state index contributed by atoms with van der Waals surface area (Å²) in [4.78, 5) is 11.4. The van der Waals surface area contributed by atoms with Crippen molar-refractivity contribution < 1.29 is 9.53 Å². The second-order valence-electron chi connectivity index (χ2n) is 5.27. The van der Waals surface area contributed by atoms with Gasteiger partial charge in [-0.1, -0.05) is 60.7 Å². The van der Waals surface area contributed by atoms with Crippen molar-refractivity contribution in [3.05, 3.63) is 77.4 Å². The second kappa shape index (κ2) is 5.96. The van der Waals surface area contributed by atoms with Gasteiger partial charge < -0.3 is 4.74 Å². The molecule has 0 saturated heterocycles. The molecule has 0 heterocycles. The van der Waals surface area contributed by atoms with Gasteiger partial charge in [0, 0.05) is 12.0 Å². The summed E-state index contributed by atoms with van der Waals surface area (Å²) < 4.78 is 5.35. The Balaban J connectivity index is 2.01. The third kappa shape index (κ3) is 2.75. The fourth-order valence-corrected chi connectivity index (χ4v) is 3.00. The van der Waals surface area contributed by atoms with Crippen LogP contribution < -0.4 is 0 Å². The van der Waals surface area contributed by atoms with Gasteiger partial charge in [-0.15, -0.1) is 0 Å². The van der Waals surface area contributed by atoms with E-state index >= 15 is 0 Å². The zero-order valence-corrected chi connectivity index (χ0v) is 11.9. The standard InChI is InChI=1S/C19H18O2/c1-2-19(20)21-13-18-16-9-5-3-7-14(16)11-12-15-8-4-6-10-17(15)18/h2-5,7-9,11-12,18H,1,6,10,13H2. The van der Waals surface area contributed by atoms with E-state index in [1.165, 1.54) is 28.3 Å². The Labute approximate surface area is 125 Å². The Bertz CT molecular complexity index is 662. The van der Waals surface area contributed by atoms with Gasteiger partial charge in [0.2, 0.25) is 0 Å². The van der Waals surface area contributed by atoms with E-state index < -0.39 is 0 Å². The summed E-state index contributed by atoms with van der Waals surface area (Å²) in [5, 5.41) is 0. The number of fused-ring (bicyclic) bond motifs is 1. The fourth-order valence-electron chi connectivity index (χ4n) is 3.00. The highest BCUT2D eigenvalue weighted by atomic mass is 16.5. The molecule has 21 heavy (non-hydrogen) atoms. The van der Waals surface area contributed by atoms with Crippen LogP contribution in [0.4, 0.5) is 0 Å². The lowest BCUT2D eigenvalue weighted by atomic mass is 9.83. The zero-order valence-electron chi connectivity index (χ0n) is 11.9. The SMILES string of the molecule is C=CC(=O)OCC1C2=C(C=CCC2)C=Cc2ccccc21. The van der Waals surface area contributed by atoms with Crippen LogP contribution >= 0.6 is 0 Å². The second-order valence-corrected chi connectivity index (χ2v) is 5.27. The van der Waals surface area contributed by atoms with Crippen LogP contribution in [0.5, 0.6) is 0 Å². The topological polar surface area (TPSA) is 26.3 Å². The normalized spacial score (nSPS) is 19.5. The minimum atomic E-state index is -0.363. The molecule has 1 unspecified atom stereocenters. The average molecular weight is 278 g/mol. The van der Waals surface area contributed by atoms with Crippen molar-refractivity contribution in [2.24, 2.45) is 0 Å². The first-order chi connectivity index (χ1) is 10.3. The third-order valence-corrected chi connectivity index (χ3v) is 4.04. The molecule has 0 bridgehead atoms. The minimum Gasteiger partial charge on any atom is -0.462 e. The molecular weight excluding hydrogens is 260 g/mol. The summed E-state index contributed by atoms with van der Waals surface area (Å²) in [6.45, 7) is 3.83. The van der Waals surface area contributed by atoms with E-state index in [0.717, 1.165) is 12.8 Å². The fraction of sp³-hybridized carbons (Fsp3) is 0.211. The van der Waals surface area contributed by atoms with Crippen LogP contribution in [0.3, 0.4) is 0 Å². The predicted molar refractivity (Wildman–Crippen MR) is 84.8 cm³/mol. The summed E-state index contributed by atoms with van der Waals surface area (Å²) in [5.41, 5.74) is 5.03. The Morgan fingerprint density at radius 3 is 3.00 bits per heavy atom. The molecular formula is C19H18O2. The highest BCUT2D eigenvalue weighted by Gasteiger charge is 2.24. The molecule has 2 aliphatic rings. The first-order valence-corrected chi connectivity index (χ1v) is 7.25. The number of allylic oxidation sites excluding steroid dienone is 4. The lowest BCUT2D eigenvalue weighted by molar-refractivity contribution is -0.138. The van der Waals surface area contributed by atoms with Crippen LogP contribution in [0, 0.1) is 0 Å². The number of carbonyl (C=O) groups is 1. The summed E-state index contributed by atoms with van der Waals surface area (Å²) >= 11 is 0. The third-order valence-electron chi connectivity index (χ3n) is 4.04. The number of ether oxygens (including phenoxy) is 1. The van der Waals surface area contributed by atoms with Crippen molar-refractivity contribution >= 4 is 12.0 Å². The maximum absolute atomic E-state index is 11.4. The molecule has 2 nitrogen and oxygen atoms in total. The van der Waals surface area contributed by atoms with Gasteiger partial charge in [-0.05, 0) is 29.5 Å². The van der Waals surface area contributed by atoms with E-state index in [0.29, 0.717) is 6.61 Å². The number of hydrogen-bond acceptors (Lipinski definition) is 2. The van der Waals surface area contributed by atoms with Crippen molar-refractivity contribution in [2.45, 2.75) is 18.8 Å². The van der Waals surface area contributed by atoms with Crippen LogP contribution in [-0.4, -0.2) is 12.6 Å². The first kappa shape index (κ1) is 13.6. The molecule has 106 valence electrons. The van der Waals surface area contributed by atoms with Crippen molar-refractivity contribution in [2.75, 3.05) is 6.61 Å². The van der Waals surface area contributed by atoms with Gasteiger partial charge in [0.05, 0.1) is 0 Å². The van der Waals surface area contributed by atoms with Crippen molar-refractivity contribution in [1.29, 1.82) is 0 Å². The average Bonchev–Trinajstić information content (AvgIpc) is 2.69. The molecule has 0 radical (unpaired) electrons. The van der Waals surface area contributed by atoms with Gasteiger partial charge in [-0.2, -0.15) is 0 Å². The largest absolute Gasteiger partial charge is 0.462 e. The highest BCUT2D eigenvalue weighted by Crippen LogP contribution is 2.38. The maximum Gasteiger partial charge on any atom is 0.330 e. The van der Waals surface area contributed by atoms with Crippen molar-refractivity contribution in [3.8, 4) is 0 Å². The van der Waals surface area contributed by atoms with Gasteiger partial charge in [-0.25, -0.2) is 4.79 Å². The van der Waals surface area contributed by atoms with E-state index in [2.05, 4.69) is 43.0 Å². The van der Waals surface area contributed by atoms with E-state index in [-0.39, 0.29) is 11.9 Å². The number of benzene rings is 1. The van der Waals surface area contributed by atoms with E-state index in [1.807, 2.05) is 12.1 Å². The van der Waals surface area contributed by atoms with E-state index in [4.69, 9.17) is 4.74 Å². The molecule has 3 rings (SSSR count). The summed E-state index contributed by atoms with van der Waals surface area (Å²) in [7, 11) is 0. The van der Waals surface area contributed by atoms with E-state index in [9.17, 15) is 4.79 Å². The van der Waals surface area contributed by atoms with Crippen LogP contribution in [0.2, 0.25) is 0 Å². The molecule has 0 fully saturated rings. The zero-order chi connectivity index (χ0) is 14.7. The summed E-state index contributed by atoms with van der Waals surface area (Å²) in [6.07, 6.45) is 12.0. The molecule has 0 amide bonds. The Kier molecular flexibility index (Phi) is 3.87. The molecule has 0 spiro atoms. The molecule has 0 N–H and O–H groups in total. The van der Waals surface area contributed by atoms with Gasteiger partial charge >= 0.3 is 5.97 Å². The smallest absolute Gasteiger partial charge is 0.330 e. The van der Waals surface area contributed by atoms with Crippen LogP contribution in [0.1, 0.15) is 29.9 Å². The predicted octanol–water partition coefficient (Wildman–Crippen LogP) is 4.17. The molecule has 2 heteroatoms. The van der Waals surface area contributed by atoms with Crippen LogP contribution in [0.25, 0.3) is 6.08 Å². The van der Waals surface area contributed by atoms with Crippen LogP contribution in [0.15, 0.2) is 66.3 Å². The molecule has 1 aromatic carbocycles. The van der Waals surface area contributed by atoms with Crippen molar-refractivity contribution in [1.82, 2.24) is 0 Å².